The van der Waals surface area contributed by atoms with Gasteiger partial charge in [0.1, 0.15) is 0 Å². The lowest BCUT2D eigenvalue weighted by molar-refractivity contribution is -0.154. The highest BCUT2D eigenvalue weighted by Gasteiger charge is 2.28. The van der Waals surface area contributed by atoms with Gasteiger partial charge in [-0.1, -0.05) is 24.3 Å². The van der Waals surface area contributed by atoms with E-state index in [1.54, 1.807) is 4.90 Å². The van der Waals surface area contributed by atoms with Gasteiger partial charge >= 0.3 is 12.2 Å². The van der Waals surface area contributed by atoms with Gasteiger partial charge in [0.05, 0.1) is 11.9 Å². The maximum atomic E-state index is 12.3. The van der Waals surface area contributed by atoms with Crippen molar-refractivity contribution in [3.8, 4) is 5.88 Å². The Labute approximate surface area is 142 Å². The topological polar surface area (TPSA) is 54.5 Å². The largest absolute Gasteiger partial charge is 0.468 e. The van der Waals surface area contributed by atoms with Gasteiger partial charge in [-0.05, 0) is 23.6 Å². The molecule has 1 aliphatic rings. The van der Waals surface area contributed by atoms with E-state index in [1.807, 2.05) is 24.3 Å². The first-order chi connectivity index (χ1) is 11.9. The van der Waals surface area contributed by atoms with Crippen molar-refractivity contribution < 1.29 is 22.7 Å². The highest BCUT2D eigenvalue weighted by molar-refractivity contribution is 5.89. The Hall–Kier alpha value is -2.77. The third-order valence-corrected chi connectivity index (χ3v) is 3.79. The summed E-state index contributed by atoms with van der Waals surface area (Å²) in [6.07, 6.45) is -2.37. The van der Waals surface area contributed by atoms with Crippen molar-refractivity contribution in [1.82, 2.24) is 9.88 Å². The Bertz CT molecular complexity index is 748. The molecule has 1 aromatic carbocycles. The highest BCUT2D eigenvalue weighted by Crippen LogP contribution is 2.20. The number of amides is 2. The zero-order valence-electron chi connectivity index (χ0n) is 13.2. The summed E-state index contributed by atoms with van der Waals surface area (Å²) >= 11 is 0. The van der Waals surface area contributed by atoms with Crippen LogP contribution in [-0.2, 0) is 13.0 Å². The van der Waals surface area contributed by atoms with E-state index in [0.29, 0.717) is 18.8 Å². The molecular formula is C17H16F3N3O2. The van der Waals surface area contributed by atoms with E-state index in [0.717, 1.165) is 12.0 Å². The van der Waals surface area contributed by atoms with Crippen LogP contribution >= 0.6 is 0 Å². The normalized spacial score (nSPS) is 14.0. The number of aromatic nitrogens is 1. The number of rotatable bonds is 3. The number of alkyl halides is 3. The summed E-state index contributed by atoms with van der Waals surface area (Å²) < 4.78 is 40.8. The average Bonchev–Trinajstić information content (AvgIpc) is 2.60. The van der Waals surface area contributed by atoms with Crippen molar-refractivity contribution in [2.45, 2.75) is 19.1 Å². The molecule has 0 fully saturated rings. The fourth-order valence-electron chi connectivity index (χ4n) is 2.57. The van der Waals surface area contributed by atoms with Crippen LogP contribution in [0.15, 0.2) is 42.6 Å². The van der Waals surface area contributed by atoms with Crippen LogP contribution in [-0.4, -0.2) is 35.2 Å². The number of anilines is 1. The van der Waals surface area contributed by atoms with E-state index in [2.05, 4.69) is 15.0 Å². The molecule has 5 nitrogen and oxygen atoms in total. The number of hydrogen-bond acceptors (Lipinski definition) is 3. The molecule has 2 heterocycles. The smallest absolute Gasteiger partial charge is 0.422 e. The highest BCUT2D eigenvalue weighted by atomic mass is 19.4. The predicted octanol–water partition coefficient (Wildman–Crippen LogP) is 3.61. The van der Waals surface area contributed by atoms with Crippen molar-refractivity contribution in [2.24, 2.45) is 0 Å². The van der Waals surface area contributed by atoms with E-state index >= 15 is 0 Å². The lowest BCUT2D eigenvalue weighted by Crippen LogP contribution is -2.38. The molecule has 1 N–H and O–H groups in total. The number of nitrogens with zero attached hydrogens (tertiary/aromatic N) is 2. The summed E-state index contributed by atoms with van der Waals surface area (Å²) in [5, 5.41) is 2.69. The first-order valence-corrected chi connectivity index (χ1v) is 7.69. The van der Waals surface area contributed by atoms with Crippen LogP contribution < -0.4 is 10.1 Å². The maximum Gasteiger partial charge on any atom is 0.422 e. The molecule has 1 aliphatic heterocycles. The second kappa shape index (κ2) is 7.00. The van der Waals surface area contributed by atoms with Crippen molar-refractivity contribution in [3.05, 3.63) is 53.7 Å². The van der Waals surface area contributed by atoms with Gasteiger partial charge in [-0.25, -0.2) is 9.78 Å². The fourth-order valence-corrected chi connectivity index (χ4v) is 2.57. The molecule has 0 radical (unpaired) electrons. The molecule has 1 aromatic heterocycles. The molecule has 3 rings (SSSR count). The standard InChI is InChI=1S/C17H16F3N3O2/c18-17(19,20)11-25-15-6-5-14(9-21-15)22-16(24)23-8-7-12-3-1-2-4-13(12)10-23/h1-6,9H,7-8,10-11H2,(H,22,24). The van der Waals surface area contributed by atoms with Crippen LogP contribution in [0.2, 0.25) is 0 Å². The van der Waals surface area contributed by atoms with Crippen LogP contribution in [0.3, 0.4) is 0 Å². The summed E-state index contributed by atoms with van der Waals surface area (Å²) in [4.78, 5) is 17.8. The van der Waals surface area contributed by atoms with Crippen molar-refractivity contribution in [3.63, 3.8) is 0 Å². The Morgan fingerprint density at radius 1 is 1.20 bits per heavy atom. The molecule has 8 heteroatoms. The van der Waals surface area contributed by atoms with Gasteiger partial charge in [0.15, 0.2) is 6.61 Å². The molecule has 2 amide bonds. The van der Waals surface area contributed by atoms with E-state index in [4.69, 9.17) is 0 Å². The van der Waals surface area contributed by atoms with Gasteiger partial charge in [-0.15, -0.1) is 0 Å². The summed E-state index contributed by atoms with van der Waals surface area (Å²) in [7, 11) is 0. The van der Waals surface area contributed by atoms with Crippen molar-refractivity contribution in [2.75, 3.05) is 18.5 Å². The molecule has 0 bridgehead atoms. The number of nitrogens with one attached hydrogen (secondary N) is 1. The third-order valence-electron chi connectivity index (χ3n) is 3.79. The van der Waals surface area contributed by atoms with E-state index in [-0.39, 0.29) is 11.9 Å². The minimum atomic E-state index is -4.42. The predicted molar refractivity (Wildman–Crippen MR) is 85.4 cm³/mol. The third kappa shape index (κ3) is 4.62. The van der Waals surface area contributed by atoms with Crippen LogP contribution in [0.25, 0.3) is 0 Å². The van der Waals surface area contributed by atoms with E-state index < -0.39 is 12.8 Å². The van der Waals surface area contributed by atoms with Gasteiger partial charge in [0.2, 0.25) is 5.88 Å². The van der Waals surface area contributed by atoms with Crippen LogP contribution in [0.1, 0.15) is 11.1 Å². The quantitative estimate of drug-likeness (QED) is 0.919. The Balaban J connectivity index is 1.56. The SMILES string of the molecule is O=C(Nc1ccc(OCC(F)(F)F)nc1)N1CCc2ccccc2C1. The first kappa shape index (κ1) is 17.1. The lowest BCUT2D eigenvalue weighted by Gasteiger charge is -2.28. The van der Waals surface area contributed by atoms with Gasteiger partial charge in [-0.2, -0.15) is 13.2 Å². The molecule has 0 saturated carbocycles. The summed E-state index contributed by atoms with van der Waals surface area (Å²) in [5.41, 5.74) is 2.74. The molecule has 132 valence electrons. The fraction of sp³-hybridized carbons (Fsp3) is 0.294. The molecule has 0 spiro atoms. The molecule has 0 unspecified atom stereocenters. The molecular weight excluding hydrogens is 335 g/mol. The zero-order chi connectivity index (χ0) is 17.9. The van der Waals surface area contributed by atoms with E-state index in [9.17, 15) is 18.0 Å². The van der Waals surface area contributed by atoms with E-state index in [1.165, 1.54) is 23.9 Å². The number of carbonyl (C=O) groups excluding carboxylic acids is 1. The molecule has 0 saturated heterocycles. The molecule has 2 aromatic rings. The minimum Gasteiger partial charge on any atom is -0.468 e. The second-order valence-corrected chi connectivity index (χ2v) is 5.66. The number of fused-ring (bicyclic) bond motifs is 1. The molecule has 0 atom stereocenters. The van der Waals surface area contributed by atoms with Gasteiger partial charge in [-0.3, -0.25) is 0 Å². The number of pyridine rings is 1. The Morgan fingerprint density at radius 2 is 1.96 bits per heavy atom. The Morgan fingerprint density at radius 3 is 2.64 bits per heavy atom. The molecule has 25 heavy (non-hydrogen) atoms. The van der Waals surface area contributed by atoms with Crippen molar-refractivity contribution >= 4 is 11.7 Å². The lowest BCUT2D eigenvalue weighted by atomic mass is 10.0. The minimum absolute atomic E-state index is 0.151. The van der Waals surface area contributed by atoms with Gasteiger partial charge < -0.3 is 15.0 Å². The summed E-state index contributed by atoms with van der Waals surface area (Å²) in [6.45, 7) is -0.288. The maximum absolute atomic E-state index is 12.3. The summed E-state index contributed by atoms with van der Waals surface area (Å²) in [6, 6.07) is 10.4. The van der Waals surface area contributed by atoms with Crippen LogP contribution in [0, 0.1) is 0 Å². The molecule has 0 aliphatic carbocycles. The van der Waals surface area contributed by atoms with Crippen LogP contribution in [0.4, 0.5) is 23.7 Å². The first-order valence-electron chi connectivity index (χ1n) is 7.69. The monoisotopic (exact) mass is 351 g/mol. The number of benzene rings is 1. The Kier molecular flexibility index (Phi) is 4.78. The number of ether oxygens (including phenoxy) is 1. The number of urea groups is 1. The number of hydrogen-bond donors (Lipinski definition) is 1. The van der Waals surface area contributed by atoms with Crippen molar-refractivity contribution in [1.29, 1.82) is 0 Å². The number of carbonyl (C=O) groups is 1. The average molecular weight is 351 g/mol. The zero-order valence-corrected chi connectivity index (χ0v) is 13.2. The second-order valence-electron chi connectivity index (χ2n) is 5.66. The number of halogens is 3. The van der Waals surface area contributed by atoms with Crippen LogP contribution in [0.5, 0.6) is 5.88 Å². The van der Waals surface area contributed by atoms with Gasteiger partial charge in [0.25, 0.3) is 0 Å². The van der Waals surface area contributed by atoms with Gasteiger partial charge in [0, 0.05) is 19.2 Å². The summed E-state index contributed by atoms with van der Waals surface area (Å²) in [5.74, 6) is -0.151.